The molecule has 2 fully saturated rings. The van der Waals surface area contributed by atoms with Crippen molar-refractivity contribution in [1.82, 2.24) is 9.80 Å². The first-order valence-electron chi connectivity index (χ1n) is 8.76. The van der Waals surface area contributed by atoms with Crippen molar-refractivity contribution in [1.29, 1.82) is 0 Å². The Kier molecular flexibility index (Phi) is 4.25. The van der Waals surface area contributed by atoms with Crippen LogP contribution in [0.3, 0.4) is 0 Å². The third kappa shape index (κ3) is 3.16. The van der Waals surface area contributed by atoms with Gasteiger partial charge in [-0.15, -0.1) is 0 Å². The lowest BCUT2D eigenvalue weighted by Crippen LogP contribution is -2.49. The average molecular weight is 346 g/mol. The van der Waals surface area contributed by atoms with Gasteiger partial charge in [0.25, 0.3) is 0 Å². The Bertz CT molecular complexity index is 684. The highest BCUT2D eigenvalue weighted by Crippen LogP contribution is 2.33. The topological polar surface area (TPSA) is 79.3 Å². The number of fused-ring (bicyclic) bond motifs is 1. The Labute approximate surface area is 146 Å². The summed E-state index contributed by atoms with van der Waals surface area (Å²) in [6.45, 7) is 1.72. The van der Waals surface area contributed by atoms with Gasteiger partial charge in [0.2, 0.25) is 18.6 Å². The molecule has 4 rings (SSSR count). The lowest BCUT2D eigenvalue weighted by molar-refractivity contribution is -0.143. The van der Waals surface area contributed by atoms with E-state index >= 15 is 0 Å². The highest BCUT2D eigenvalue weighted by molar-refractivity contribution is 5.91. The number of carbonyl (C=O) groups excluding carboxylic acids is 2. The fourth-order valence-electron chi connectivity index (χ4n) is 3.72. The maximum absolute atomic E-state index is 12.8. The number of hydrogen-bond donors (Lipinski definition) is 1. The van der Waals surface area contributed by atoms with E-state index in [4.69, 9.17) is 9.47 Å². The van der Waals surface area contributed by atoms with Gasteiger partial charge in [0.05, 0.1) is 6.10 Å². The smallest absolute Gasteiger partial charge is 0.245 e. The quantitative estimate of drug-likeness (QED) is 0.879. The van der Waals surface area contributed by atoms with Crippen LogP contribution in [0.4, 0.5) is 0 Å². The fourth-order valence-corrected chi connectivity index (χ4v) is 3.72. The van der Waals surface area contributed by atoms with E-state index in [1.165, 1.54) is 0 Å². The van der Waals surface area contributed by atoms with Crippen molar-refractivity contribution in [3.05, 3.63) is 23.8 Å². The molecular weight excluding hydrogens is 324 g/mol. The number of hydrogen-bond acceptors (Lipinski definition) is 5. The summed E-state index contributed by atoms with van der Waals surface area (Å²) in [5, 5.41) is 9.62. The van der Waals surface area contributed by atoms with Crippen LogP contribution in [0.15, 0.2) is 18.2 Å². The first kappa shape index (κ1) is 16.2. The lowest BCUT2D eigenvalue weighted by atomic mass is 10.1. The van der Waals surface area contributed by atoms with Gasteiger partial charge >= 0.3 is 0 Å². The maximum atomic E-state index is 12.8. The van der Waals surface area contributed by atoms with Crippen LogP contribution in [-0.2, 0) is 16.1 Å². The summed E-state index contributed by atoms with van der Waals surface area (Å²) in [4.78, 5) is 28.6. The molecule has 0 radical (unpaired) electrons. The summed E-state index contributed by atoms with van der Waals surface area (Å²) in [5.41, 5.74) is 0.923. The first-order chi connectivity index (χ1) is 12.1. The molecule has 25 heavy (non-hydrogen) atoms. The van der Waals surface area contributed by atoms with Gasteiger partial charge in [-0.3, -0.25) is 9.59 Å². The molecule has 134 valence electrons. The van der Waals surface area contributed by atoms with Gasteiger partial charge < -0.3 is 24.4 Å². The molecule has 0 spiro atoms. The molecule has 3 aliphatic heterocycles. The van der Waals surface area contributed by atoms with Gasteiger partial charge in [-0.25, -0.2) is 0 Å². The summed E-state index contributed by atoms with van der Waals surface area (Å²) in [6.07, 6.45) is 1.85. The molecule has 0 aliphatic carbocycles. The number of carbonyl (C=O) groups is 2. The molecule has 3 heterocycles. The number of rotatable bonds is 3. The maximum Gasteiger partial charge on any atom is 0.245 e. The molecule has 0 aromatic heterocycles. The second kappa shape index (κ2) is 6.55. The zero-order valence-corrected chi connectivity index (χ0v) is 14.0. The molecule has 0 saturated carbocycles. The molecule has 1 aromatic carbocycles. The summed E-state index contributed by atoms with van der Waals surface area (Å²) in [6, 6.07) is 5.19. The molecule has 0 bridgehead atoms. The minimum atomic E-state index is -0.409. The van der Waals surface area contributed by atoms with Gasteiger partial charge in [0, 0.05) is 26.1 Å². The van der Waals surface area contributed by atoms with Crippen molar-refractivity contribution in [2.24, 2.45) is 0 Å². The second-order valence-electron chi connectivity index (χ2n) is 6.82. The van der Waals surface area contributed by atoms with Gasteiger partial charge in [0.15, 0.2) is 11.5 Å². The lowest BCUT2D eigenvalue weighted by Gasteiger charge is -2.34. The number of aliphatic hydroxyl groups excluding tert-OH is 1. The Morgan fingerprint density at radius 1 is 1.16 bits per heavy atom. The summed E-state index contributed by atoms with van der Waals surface area (Å²) in [7, 11) is 0. The molecule has 2 saturated heterocycles. The highest BCUT2D eigenvalue weighted by Gasteiger charge is 2.39. The van der Waals surface area contributed by atoms with Crippen LogP contribution < -0.4 is 9.47 Å². The van der Waals surface area contributed by atoms with E-state index < -0.39 is 6.04 Å². The zero-order valence-electron chi connectivity index (χ0n) is 14.0. The molecule has 1 aromatic rings. The Morgan fingerprint density at radius 3 is 2.72 bits per heavy atom. The third-order valence-corrected chi connectivity index (χ3v) is 5.18. The first-order valence-corrected chi connectivity index (χ1v) is 8.76. The monoisotopic (exact) mass is 346 g/mol. The predicted molar refractivity (Wildman–Crippen MR) is 88.0 cm³/mol. The van der Waals surface area contributed by atoms with E-state index in [2.05, 4.69) is 0 Å². The number of likely N-dealkylation sites (tertiary alicyclic amines) is 2. The van der Waals surface area contributed by atoms with E-state index in [0.717, 1.165) is 5.56 Å². The number of amides is 2. The van der Waals surface area contributed by atoms with Crippen molar-refractivity contribution in [3.63, 3.8) is 0 Å². The number of aliphatic hydroxyl groups is 1. The molecule has 1 N–H and O–H groups in total. The molecule has 2 amide bonds. The van der Waals surface area contributed by atoms with Crippen LogP contribution in [-0.4, -0.2) is 58.7 Å². The summed E-state index contributed by atoms with van der Waals surface area (Å²) >= 11 is 0. The molecule has 3 aliphatic rings. The largest absolute Gasteiger partial charge is 0.454 e. The number of nitrogens with zero attached hydrogens (tertiary/aromatic N) is 2. The highest BCUT2D eigenvalue weighted by atomic mass is 16.7. The van der Waals surface area contributed by atoms with Crippen LogP contribution in [0.1, 0.15) is 31.2 Å². The summed E-state index contributed by atoms with van der Waals surface area (Å²) < 4.78 is 10.7. The van der Waals surface area contributed by atoms with Gasteiger partial charge in [-0.05, 0) is 37.0 Å². The van der Waals surface area contributed by atoms with E-state index in [-0.39, 0.29) is 24.7 Å². The van der Waals surface area contributed by atoms with E-state index in [9.17, 15) is 14.7 Å². The third-order valence-electron chi connectivity index (χ3n) is 5.18. The van der Waals surface area contributed by atoms with E-state index in [1.54, 1.807) is 9.80 Å². The van der Waals surface area contributed by atoms with Crippen LogP contribution >= 0.6 is 0 Å². The molecule has 1 atom stereocenters. The predicted octanol–water partition coefficient (Wildman–Crippen LogP) is 0.890. The van der Waals surface area contributed by atoms with Gasteiger partial charge in [-0.1, -0.05) is 6.07 Å². The number of piperidine rings is 1. The van der Waals surface area contributed by atoms with Crippen LogP contribution in [0.2, 0.25) is 0 Å². The van der Waals surface area contributed by atoms with Gasteiger partial charge in [0.1, 0.15) is 6.04 Å². The minimum Gasteiger partial charge on any atom is -0.454 e. The Hall–Kier alpha value is -2.28. The SMILES string of the molecule is O=C([C@@H]1CCC(=O)N1Cc1ccc2c(c1)OCO2)N1CCC(O)CC1. The van der Waals surface area contributed by atoms with Crippen LogP contribution in [0.25, 0.3) is 0 Å². The fraction of sp³-hybridized carbons (Fsp3) is 0.556. The van der Waals surface area contributed by atoms with Crippen molar-refractivity contribution in [3.8, 4) is 11.5 Å². The van der Waals surface area contributed by atoms with E-state index in [0.29, 0.717) is 56.8 Å². The number of ether oxygens (including phenoxy) is 2. The molecule has 7 heteroatoms. The van der Waals surface area contributed by atoms with Crippen molar-refractivity contribution in [2.45, 2.75) is 44.4 Å². The zero-order chi connectivity index (χ0) is 17.4. The van der Waals surface area contributed by atoms with Crippen LogP contribution in [0.5, 0.6) is 11.5 Å². The molecule has 0 unspecified atom stereocenters. The average Bonchev–Trinajstić information content (AvgIpc) is 3.22. The second-order valence-corrected chi connectivity index (χ2v) is 6.82. The Balaban J connectivity index is 1.47. The standard InChI is InChI=1S/C18H22N2O5/c21-13-5-7-19(8-6-13)18(23)14-2-4-17(22)20(14)10-12-1-3-15-16(9-12)25-11-24-15/h1,3,9,13-14,21H,2,4-8,10-11H2/t14-/m0/s1. The minimum absolute atomic E-state index is 0.00140. The molecular formula is C18H22N2O5. The number of benzene rings is 1. The van der Waals surface area contributed by atoms with Crippen LogP contribution in [0, 0.1) is 0 Å². The molecule has 7 nitrogen and oxygen atoms in total. The normalized spacial score (nSPS) is 23.4. The Morgan fingerprint density at radius 2 is 1.92 bits per heavy atom. The van der Waals surface area contributed by atoms with Gasteiger partial charge in [-0.2, -0.15) is 0 Å². The summed E-state index contributed by atoms with van der Waals surface area (Å²) in [5.74, 6) is 1.39. The van der Waals surface area contributed by atoms with E-state index in [1.807, 2.05) is 18.2 Å². The van der Waals surface area contributed by atoms with Crippen molar-refractivity contribution >= 4 is 11.8 Å². The van der Waals surface area contributed by atoms with Crippen molar-refractivity contribution < 1.29 is 24.2 Å². The van der Waals surface area contributed by atoms with Crippen molar-refractivity contribution in [2.75, 3.05) is 19.9 Å².